The fourth-order valence-corrected chi connectivity index (χ4v) is 4.09. The minimum Gasteiger partial charge on any atom is -0.431 e. The Hall–Kier alpha value is -2.96. The standard InChI is InChI=1S/C24H36N4O7S/c1-14(2)12-25-23(32)19(15(3)4)21(30)20(29)17(11-16-9-7-6-8-10-16)26-22(31)18-13-35-24(27-18)28-36(5,33)34/h6-10,13-15,17,19-21,29-30H,11-12H2,1-5H3,(H,25,32)(H,26,31)(H,27,28). The molecule has 0 aliphatic carbocycles. The van der Waals surface area contributed by atoms with Crippen LogP contribution in [0.1, 0.15) is 43.7 Å². The van der Waals surface area contributed by atoms with Gasteiger partial charge in [-0.15, -0.1) is 0 Å². The van der Waals surface area contributed by atoms with Gasteiger partial charge in [-0.05, 0) is 23.8 Å². The number of aromatic nitrogens is 1. The number of benzene rings is 1. The van der Waals surface area contributed by atoms with E-state index >= 15 is 0 Å². The van der Waals surface area contributed by atoms with E-state index in [0.717, 1.165) is 18.1 Å². The lowest BCUT2D eigenvalue weighted by Gasteiger charge is -2.33. The number of aliphatic hydroxyl groups is 2. The second kappa shape index (κ2) is 12.8. The van der Waals surface area contributed by atoms with Crippen molar-refractivity contribution in [1.82, 2.24) is 15.6 Å². The Bertz CT molecular complexity index is 1100. The lowest BCUT2D eigenvalue weighted by atomic mass is 9.83. The average Bonchev–Trinajstić information content (AvgIpc) is 3.24. The number of oxazole rings is 1. The number of anilines is 1. The maximum atomic E-state index is 12.9. The summed E-state index contributed by atoms with van der Waals surface area (Å²) in [7, 11) is -3.66. The molecule has 4 atom stereocenters. The molecule has 11 nitrogen and oxygen atoms in total. The molecular formula is C24H36N4O7S. The van der Waals surface area contributed by atoms with Crippen molar-refractivity contribution >= 4 is 27.9 Å². The number of nitrogens with zero attached hydrogens (tertiary/aromatic N) is 1. The van der Waals surface area contributed by atoms with Crippen LogP contribution in [0.4, 0.5) is 6.01 Å². The molecule has 2 amide bonds. The highest BCUT2D eigenvalue weighted by Gasteiger charge is 2.38. The van der Waals surface area contributed by atoms with Crippen molar-refractivity contribution in [3.63, 3.8) is 0 Å². The Morgan fingerprint density at radius 3 is 2.25 bits per heavy atom. The number of sulfonamides is 1. The second-order valence-electron chi connectivity index (χ2n) is 9.57. The van der Waals surface area contributed by atoms with E-state index in [0.29, 0.717) is 6.54 Å². The summed E-state index contributed by atoms with van der Waals surface area (Å²) in [5, 5.41) is 27.7. The lowest BCUT2D eigenvalue weighted by Crippen LogP contribution is -2.55. The van der Waals surface area contributed by atoms with Crippen LogP contribution in [0.25, 0.3) is 0 Å². The van der Waals surface area contributed by atoms with Gasteiger partial charge < -0.3 is 25.3 Å². The Morgan fingerprint density at radius 2 is 1.69 bits per heavy atom. The van der Waals surface area contributed by atoms with Crippen LogP contribution in [0, 0.1) is 17.8 Å². The van der Waals surface area contributed by atoms with E-state index in [1.807, 2.05) is 24.6 Å². The first-order chi connectivity index (χ1) is 16.8. The van der Waals surface area contributed by atoms with Crippen LogP contribution in [0.15, 0.2) is 41.0 Å². The Morgan fingerprint density at radius 1 is 1.06 bits per heavy atom. The SMILES string of the molecule is CC(C)CNC(=O)C(C(C)C)C(O)C(O)C(Cc1ccccc1)NC(=O)c1coc(NS(C)(=O)=O)n1. The molecule has 0 aliphatic rings. The third-order valence-electron chi connectivity index (χ3n) is 5.46. The zero-order valence-electron chi connectivity index (χ0n) is 21.1. The fourth-order valence-electron chi connectivity index (χ4n) is 3.68. The van der Waals surface area contributed by atoms with E-state index in [9.17, 15) is 28.2 Å². The van der Waals surface area contributed by atoms with Gasteiger partial charge in [-0.1, -0.05) is 58.0 Å². The normalized spacial score (nSPS) is 15.2. The van der Waals surface area contributed by atoms with E-state index in [4.69, 9.17) is 4.42 Å². The number of aliphatic hydroxyl groups excluding tert-OH is 2. The molecule has 5 N–H and O–H groups in total. The first-order valence-electron chi connectivity index (χ1n) is 11.7. The van der Waals surface area contributed by atoms with Crippen LogP contribution < -0.4 is 15.4 Å². The molecule has 1 aromatic carbocycles. The molecule has 1 aromatic heterocycles. The van der Waals surface area contributed by atoms with Crippen molar-refractivity contribution in [1.29, 1.82) is 0 Å². The van der Waals surface area contributed by atoms with Crippen LogP contribution in [-0.2, 0) is 21.2 Å². The number of hydrogen-bond donors (Lipinski definition) is 5. The van der Waals surface area contributed by atoms with Gasteiger partial charge >= 0.3 is 6.01 Å². The summed E-state index contributed by atoms with van der Waals surface area (Å²) in [6.07, 6.45) is -0.956. The highest BCUT2D eigenvalue weighted by molar-refractivity contribution is 7.91. The van der Waals surface area contributed by atoms with Gasteiger partial charge in [0, 0.05) is 6.54 Å². The van der Waals surface area contributed by atoms with Crippen molar-refractivity contribution in [2.75, 3.05) is 17.5 Å². The van der Waals surface area contributed by atoms with E-state index in [2.05, 4.69) is 15.6 Å². The van der Waals surface area contributed by atoms with Crippen LogP contribution in [0.2, 0.25) is 0 Å². The minimum absolute atomic E-state index is 0.148. The summed E-state index contributed by atoms with van der Waals surface area (Å²) in [6, 6.07) is 7.64. The summed E-state index contributed by atoms with van der Waals surface area (Å²) in [6.45, 7) is 7.85. The Kier molecular flexibility index (Phi) is 10.4. The number of hydrogen-bond acceptors (Lipinski definition) is 8. The van der Waals surface area contributed by atoms with E-state index in [1.54, 1.807) is 38.1 Å². The highest BCUT2D eigenvalue weighted by Crippen LogP contribution is 2.22. The molecule has 200 valence electrons. The first-order valence-corrected chi connectivity index (χ1v) is 13.6. The topological polar surface area (TPSA) is 171 Å². The number of carbonyl (C=O) groups is 2. The quantitative estimate of drug-likeness (QED) is 0.260. The van der Waals surface area contributed by atoms with Crippen molar-refractivity contribution in [3.8, 4) is 0 Å². The highest BCUT2D eigenvalue weighted by atomic mass is 32.2. The molecule has 0 saturated heterocycles. The van der Waals surface area contributed by atoms with Crippen molar-refractivity contribution in [2.45, 2.75) is 52.4 Å². The molecule has 0 spiro atoms. The molecule has 0 radical (unpaired) electrons. The summed E-state index contributed by atoms with van der Waals surface area (Å²) in [5.41, 5.74) is 0.551. The monoisotopic (exact) mass is 524 g/mol. The predicted molar refractivity (Wildman–Crippen MR) is 135 cm³/mol. The molecule has 0 fully saturated rings. The predicted octanol–water partition coefficient (Wildman–Crippen LogP) is 1.15. The second-order valence-corrected chi connectivity index (χ2v) is 11.3. The van der Waals surface area contributed by atoms with Gasteiger partial charge in [0.1, 0.15) is 12.4 Å². The molecule has 36 heavy (non-hydrogen) atoms. The van der Waals surface area contributed by atoms with Crippen LogP contribution >= 0.6 is 0 Å². The lowest BCUT2D eigenvalue weighted by molar-refractivity contribution is -0.135. The van der Waals surface area contributed by atoms with Gasteiger partial charge in [0.15, 0.2) is 5.69 Å². The summed E-state index contributed by atoms with van der Waals surface area (Å²) in [5.74, 6) is -2.15. The average molecular weight is 525 g/mol. The zero-order chi connectivity index (χ0) is 27.0. The van der Waals surface area contributed by atoms with Gasteiger partial charge in [-0.2, -0.15) is 4.98 Å². The van der Waals surface area contributed by atoms with Gasteiger partial charge in [0.2, 0.25) is 15.9 Å². The maximum absolute atomic E-state index is 12.9. The first kappa shape index (κ1) is 29.3. The molecule has 0 aliphatic heterocycles. The third-order valence-corrected chi connectivity index (χ3v) is 6.01. The van der Waals surface area contributed by atoms with E-state index < -0.39 is 40.1 Å². The number of rotatable bonds is 13. The van der Waals surface area contributed by atoms with Crippen LogP contribution in [0.3, 0.4) is 0 Å². The maximum Gasteiger partial charge on any atom is 0.309 e. The van der Waals surface area contributed by atoms with E-state index in [1.165, 1.54) is 0 Å². The smallest absolute Gasteiger partial charge is 0.309 e. The largest absolute Gasteiger partial charge is 0.431 e. The van der Waals surface area contributed by atoms with Gasteiger partial charge in [0.25, 0.3) is 5.91 Å². The summed E-state index contributed by atoms with van der Waals surface area (Å²) in [4.78, 5) is 29.5. The van der Waals surface area contributed by atoms with Crippen molar-refractivity contribution < 1.29 is 32.6 Å². The fraction of sp³-hybridized carbons (Fsp3) is 0.542. The molecule has 0 bridgehead atoms. The summed E-state index contributed by atoms with van der Waals surface area (Å²) >= 11 is 0. The minimum atomic E-state index is -3.66. The van der Waals surface area contributed by atoms with Crippen LogP contribution in [0.5, 0.6) is 0 Å². The zero-order valence-corrected chi connectivity index (χ0v) is 22.0. The molecule has 1 heterocycles. The molecule has 4 unspecified atom stereocenters. The van der Waals surface area contributed by atoms with Crippen LogP contribution in [-0.4, -0.2) is 66.5 Å². The Labute approximate surface area is 211 Å². The number of amides is 2. The number of nitrogens with one attached hydrogen (secondary N) is 3. The molecule has 12 heteroatoms. The third kappa shape index (κ3) is 8.92. The van der Waals surface area contributed by atoms with Gasteiger partial charge in [0.05, 0.1) is 24.3 Å². The molecular weight excluding hydrogens is 488 g/mol. The Balaban J connectivity index is 2.27. The number of carbonyl (C=O) groups excluding carboxylic acids is 2. The van der Waals surface area contributed by atoms with Crippen molar-refractivity contribution in [3.05, 3.63) is 47.9 Å². The summed E-state index contributed by atoms with van der Waals surface area (Å²) < 4.78 is 29.8. The van der Waals surface area contributed by atoms with Gasteiger partial charge in [-0.3, -0.25) is 9.59 Å². The molecule has 0 saturated carbocycles. The van der Waals surface area contributed by atoms with Gasteiger partial charge in [-0.25, -0.2) is 13.1 Å². The molecule has 2 rings (SSSR count). The van der Waals surface area contributed by atoms with E-state index in [-0.39, 0.29) is 35.9 Å². The van der Waals surface area contributed by atoms with Crippen molar-refractivity contribution in [2.24, 2.45) is 17.8 Å². The molecule has 2 aromatic rings.